The molecule has 0 radical (unpaired) electrons. The fourth-order valence-electron chi connectivity index (χ4n) is 1.86. The van der Waals surface area contributed by atoms with Gasteiger partial charge in [0.25, 0.3) is 0 Å². The molecule has 0 aliphatic carbocycles. The minimum absolute atomic E-state index is 0.0329. The summed E-state index contributed by atoms with van der Waals surface area (Å²) in [5.74, 6) is -1.85. The summed E-state index contributed by atoms with van der Waals surface area (Å²) in [6.07, 6.45) is 1.64. The second kappa shape index (κ2) is 4.24. The van der Waals surface area contributed by atoms with E-state index in [1.54, 1.807) is 18.3 Å². The van der Waals surface area contributed by atoms with Crippen LogP contribution in [0.25, 0.3) is 10.9 Å². The first-order valence-electron chi connectivity index (χ1n) is 5.59. The summed E-state index contributed by atoms with van der Waals surface area (Å²) >= 11 is 0. The Morgan fingerprint density at radius 2 is 2.00 bits per heavy atom. The Bertz CT molecular complexity index is 751. The van der Waals surface area contributed by atoms with Crippen LogP contribution in [0.4, 0.5) is 25.8 Å². The van der Waals surface area contributed by atoms with Gasteiger partial charge in [-0.15, -0.1) is 0 Å². The lowest BCUT2D eigenvalue weighted by Gasteiger charge is -2.10. The number of nitrogens with two attached hydrogens (primary N) is 1. The smallest absolute Gasteiger partial charge is 0.182 e. The van der Waals surface area contributed by atoms with Gasteiger partial charge < -0.3 is 11.1 Å². The highest BCUT2D eigenvalue weighted by atomic mass is 19.2. The zero-order valence-corrected chi connectivity index (χ0v) is 9.74. The van der Waals surface area contributed by atoms with Gasteiger partial charge in [-0.25, -0.2) is 8.78 Å². The molecule has 0 unspecified atom stereocenters. The van der Waals surface area contributed by atoms with Crippen molar-refractivity contribution in [2.45, 2.75) is 0 Å². The Hall–Kier alpha value is -2.63. The lowest BCUT2D eigenvalue weighted by molar-refractivity contribution is 0.512. The molecular formula is C13H10F2N4. The van der Waals surface area contributed by atoms with E-state index in [4.69, 9.17) is 5.73 Å². The Morgan fingerprint density at radius 3 is 2.84 bits per heavy atom. The fraction of sp³-hybridized carbons (Fsp3) is 0. The molecule has 0 atom stereocenters. The standard InChI is InChI=1S/C13H10F2N4/c14-8-2-1-3-10(13(8)15)18-12-5-11-7(4-9(12)16)6-17-19-11/h1-6,18H,16H2,(H,17,19). The third-order valence-electron chi connectivity index (χ3n) is 2.83. The average molecular weight is 260 g/mol. The van der Waals surface area contributed by atoms with Crippen LogP contribution in [-0.2, 0) is 0 Å². The number of anilines is 3. The topological polar surface area (TPSA) is 66.7 Å². The third-order valence-corrected chi connectivity index (χ3v) is 2.83. The first kappa shape index (κ1) is 11.5. The Labute approximate surface area is 107 Å². The number of nitrogen functional groups attached to an aromatic ring is 1. The molecular weight excluding hydrogens is 250 g/mol. The molecule has 4 N–H and O–H groups in total. The number of rotatable bonds is 2. The van der Waals surface area contributed by atoms with E-state index in [-0.39, 0.29) is 5.69 Å². The van der Waals surface area contributed by atoms with E-state index in [1.165, 1.54) is 12.1 Å². The molecule has 19 heavy (non-hydrogen) atoms. The highest BCUT2D eigenvalue weighted by Gasteiger charge is 2.10. The number of aromatic nitrogens is 2. The van der Waals surface area contributed by atoms with Crippen molar-refractivity contribution in [3.63, 3.8) is 0 Å². The maximum atomic E-state index is 13.6. The molecule has 0 spiro atoms. The van der Waals surface area contributed by atoms with Gasteiger partial charge in [0.15, 0.2) is 11.6 Å². The van der Waals surface area contributed by atoms with Crippen molar-refractivity contribution in [2.75, 3.05) is 11.1 Å². The minimum atomic E-state index is -0.938. The fourth-order valence-corrected chi connectivity index (χ4v) is 1.86. The second-order valence-corrected chi connectivity index (χ2v) is 4.12. The van der Waals surface area contributed by atoms with Gasteiger partial charge in [0.2, 0.25) is 0 Å². The van der Waals surface area contributed by atoms with Gasteiger partial charge >= 0.3 is 0 Å². The molecule has 3 aromatic rings. The molecule has 0 bridgehead atoms. The van der Waals surface area contributed by atoms with Gasteiger partial charge in [-0.2, -0.15) is 5.10 Å². The molecule has 0 aliphatic rings. The van der Waals surface area contributed by atoms with Crippen molar-refractivity contribution in [3.05, 3.63) is 48.2 Å². The number of halogens is 2. The van der Waals surface area contributed by atoms with E-state index in [1.807, 2.05) is 0 Å². The van der Waals surface area contributed by atoms with E-state index >= 15 is 0 Å². The van der Waals surface area contributed by atoms with Crippen molar-refractivity contribution >= 4 is 28.0 Å². The normalized spacial score (nSPS) is 10.8. The summed E-state index contributed by atoms with van der Waals surface area (Å²) < 4.78 is 26.7. The van der Waals surface area contributed by atoms with Crippen LogP contribution in [0.5, 0.6) is 0 Å². The lowest BCUT2D eigenvalue weighted by Crippen LogP contribution is -1.99. The minimum Gasteiger partial charge on any atom is -0.397 e. The number of nitrogens with zero attached hydrogens (tertiary/aromatic N) is 1. The zero-order valence-electron chi connectivity index (χ0n) is 9.74. The SMILES string of the molecule is Nc1cc2cn[nH]c2cc1Nc1cccc(F)c1F. The van der Waals surface area contributed by atoms with Crippen LogP contribution in [0.15, 0.2) is 36.5 Å². The van der Waals surface area contributed by atoms with E-state index in [0.717, 1.165) is 17.0 Å². The summed E-state index contributed by atoms with van der Waals surface area (Å²) in [7, 11) is 0. The molecule has 0 saturated heterocycles. The molecule has 96 valence electrons. The number of aromatic amines is 1. The number of fused-ring (bicyclic) bond motifs is 1. The van der Waals surface area contributed by atoms with Crippen LogP contribution in [0.3, 0.4) is 0 Å². The van der Waals surface area contributed by atoms with Gasteiger partial charge in [-0.05, 0) is 24.3 Å². The average Bonchev–Trinajstić information content (AvgIpc) is 2.82. The third kappa shape index (κ3) is 1.97. The molecule has 1 aromatic heterocycles. The highest BCUT2D eigenvalue weighted by Crippen LogP contribution is 2.29. The summed E-state index contributed by atoms with van der Waals surface area (Å²) in [4.78, 5) is 0. The lowest BCUT2D eigenvalue weighted by atomic mass is 10.2. The summed E-state index contributed by atoms with van der Waals surface area (Å²) in [5.41, 5.74) is 7.57. The first-order valence-corrected chi connectivity index (χ1v) is 5.59. The van der Waals surface area contributed by atoms with Gasteiger partial charge in [0, 0.05) is 5.39 Å². The van der Waals surface area contributed by atoms with Crippen molar-refractivity contribution in [1.29, 1.82) is 0 Å². The van der Waals surface area contributed by atoms with Gasteiger partial charge in [-0.3, -0.25) is 5.10 Å². The Balaban J connectivity index is 2.05. The molecule has 0 aliphatic heterocycles. The van der Waals surface area contributed by atoms with Crippen LogP contribution in [0.2, 0.25) is 0 Å². The second-order valence-electron chi connectivity index (χ2n) is 4.12. The Morgan fingerprint density at radius 1 is 1.16 bits per heavy atom. The van der Waals surface area contributed by atoms with Crippen LogP contribution >= 0.6 is 0 Å². The maximum absolute atomic E-state index is 13.6. The predicted octanol–water partition coefficient (Wildman–Crippen LogP) is 3.17. The molecule has 0 fully saturated rings. The van der Waals surface area contributed by atoms with Crippen molar-refractivity contribution in [1.82, 2.24) is 10.2 Å². The van der Waals surface area contributed by atoms with Crippen molar-refractivity contribution < 1.29 is 8.78 Å². The van der Waals surface area contributed by atoms with Crippen LogP contribution in [0, 0.1) is 11.6 Å². The Kier molecular flexibility index (Phi) is 2.56. The molecule has 6 heteroatoms. The number of H-pyrrole nitrogens is 1. The van der Waals surface area contributed by atoms with Crippen LogP contribution in [-0.4, -0.2) is 10.2 Å². The number of hydrogen-bond donors (Lipinski definition) is 3. The van der Waals surface area contributed by atoms with Gasteiger partial charge in [-0.1, -0.05) is 6.07 Å². The summed E-state index contributed by atoms with van der Waals surface area (Å²) in [5, 5.41) is 10.3. The van der Waals surface area contributed by atoms with Crippen molar-refractivity contribution in [3.8, 4) is 0 Å². The first-order chi connectivity index (χ1) is 9.15. The molecule has 0 amide bonds. The van der Waals surface area contributed by atoms with E-state index < -0.39 is 11.6 Å². The van der Waals surface area contributed by atoms with Crippen LogP contribution < -0.4 is 11.1 Å². The summed E-state index contributed by atoms with van der Waals surface area (Å²) in [6.45, 7) is 0. The number of hydrogen-bond acceptors (Lipinski definition) is 3. The maximum Gasteiger partial charge on any atom is 0.182 e. The molecule has 2 aromatic carbocycles. The largest absolute Gasteiger partial charge is 0.397 e. The number of benzene rings is 2. The highest BCUT2D eigenvalue weighted by molar-refractivity contribution is 5.89. The van der Waals surface area contributed by atoms with E-state index in [2.05, 4.69) is 15.5 Å². The predicted molar refractivity (Wildman–Crippen MR) is 70.1 cm³/mol. The number of nitrogens with one attached hydrogen (secondary N) is 2. The van der Waals surface area contributed by atoms with Crippen molar-refractivity contribution in [2.24, 2.45) is 0 Å². The zero-order chi connectivity index (χ0) is 13.4. The summed E-state index contributed by atoms with van der Waals surface area (Å²) in [6, 6.07) is 7.32. The van der Waals surface area contributed by atoms with Gasteiger partial charge in [0.05, 0.1) is 28.8 Å². The molecule has 4 nitrogen and oxygen atoms in total. The monoisotopic (exact) mass is 260 g/mol. The van der Waals surface area contributed by atoms with E-state index in [0.29, 0.717) is 11.4 Å². The molecule has 1 heterocycles. The van der Waals surface area contributed by atoms with E-state index in [9.17, 15) is 8.78 Å². The van der Waals surface area contributed by atoms with Gasteiger partial charge in [0.1, 0.15) is 0 Å². The molecule has 3 rings (SSSR count). The molecule has 0 saturated carbocycles. The quantitative estimate of drug-likeness (QED) is 0.620. The van der Waals surface area contributed by atoms with Crippen LogP contribution in [0.1, 0.15) is 0 Å².